The Balaban J connectivity index is 1.96. The predicted octanol–water partition coefficient (Wildman–Crippen LogP) is 2.26. The summed E-state index contributed by atoms with van der Waals surface area (Å²) in [4.78, 5) is 34.3. The Bertz CT molecular complexity index is 725. The number of carboxylic acids is 1. The van der Waals surface area contributed by atoms with Crippen molar-refractivity contribution < 1.29 is 32.8 Å². The Morgan fingerprint density at radius 3 is 2.54 bits per heavy atom. The smallest absolute Gasteiger partial charge is 0.406 e. The van der Waals surface area contributed by atoms with E-state index in [1.54, 1.807) is 6.07 Å². The van der Waals surface area contributed by atoms with Crippen LogP contribution < -0.4 is 5.32 Å². The molecule has 1 aromatic carbocycles. The highest BCUT2D eigenvalue weighted by Gasteiger charge is 2.64. The molecule has 8 nitrogen and oxygen atoms in total. The molecule has 0 saturated carbocycles. The van der Waals surface area contributed by atoms with Gasteiger partial charge in [-0.05, 0) is 12.5 Å². The van der Waals surface area contributed by atoms with E-state index in [1.807, 2.05) is 0 Å². The van der Waals surface area contributed by atoms with Gasteiger partial charge in [0.1, 0.15) is 5.69 Å². The molecule has 2 rings (SSSR count). The number of amides is 1. The van der Waals surface area contributed by atoms with Crippen LogP contribution in [0.4, 0.5) is 24.5 Å². The van der Waals surface area contributed by atoms with Crippen molar-refractivity contribution in [3.05, 3.63) is 34.4 Å². The lowest BCUT2D eigenvalue weighted by Crippen LogP contribution is -2.47. The van der Waals surface area contributed by atoms with E-state index in [4.69, 9.17) is 5.11 Å². The number of alkyl halides is 3. The average Bonchev–Trinajstić information content (AvgIpc) is 3.02. The maximum atomic E-state index is 13.1. The van der Waals surface area contributed by atoms with E-state index in [9.17, 15) is 32.9 Å². The van der Waals surface area contributed by atoms with Gasteiger partial charge in [0, 0.05) is 32.1 Å². The van der Waals surface area contributed by atoms with E-state index in [0.717, 1.165) is 4.90 Å². The van der Waals surface area contributed by atoms with Crippen LogP contribution in [-0.4, -0.2) is 52.6 Å². The minimum atomic E-state index is -4.96. The Kier molecular flexibility index (Phi) is 5.38. The summed E-state index contributed by atoms with van der Waals surface area (Å²) in [6.45, 7) is -1.28. The van der Waals surface area contributed by atoms with Gasteiger partial charge in [-0.2, -0.15) is 13.2 Å². The molecule has 1 amide bonds. The lowest BCUT2D eigenvalue weighted by molar-refractivity contribution is -0.384. The van der Waals surface area contributed by atoms with Gasteiger partial charge >= 0.3 is 12.1 Å². The molecule has 0 bridgehead atoms. The van der Waals surface area contributed by atoms with Crippen LogP contribution in [0, 0.1) is 15.5 Å². The molecule has 26 heavy (non-hydrogen) atoms. The monoisotopic (exact) mass is 375 g/mol. The zero-order valence-electron chi connectivity index (χ0n) is 13.5. The molecule has 1 fully saturated rings. The van der Waals surface area contributed by atoms with Gasteiger partial charge in [0.2, 0.25) is 5.91 Å². The number of hydrogen-bond acceptors (Lipinski definition) is 5. The third-order valence-corrected chi connectivity index (χ3v) is 4.33. The number of halogens is 3. The number of aliphatic carboxylic acids is 1. The summed E-state index contributed by atoms with van der Waals surface area (Å²) in [5.74, 6) is -2.65. The van der Waals surface area contributed by atoms with Crippen LogP contribution in [0.3, 0.4) is 0 Å². The standard InChI is InChI=1S/C15H16F3N3O5/c16-15(17,18)14(13(23)24)6-8-20(9-14)12(22)5-7-19-10-3-1-2-4-11(10)21(25)26/h1-4,19H,5-9H2,(H,23,24). The lowest BCUT2D eigenvalue weighted by Gasteiger charge is -2.27. The summed E-state index contributed by atoms with van der Waals surface area (Å²) in [7, 11) is 0. The molecule has 0 spiro atoms. The number of carbonyl (C=O) groups excluding carboxylic acids is 1. The number of nitrogens with one attached hydrogen (secondary N) is 1. The number of anilines is 1. The summed E-state index contributed by atoms with van der Waals surface area (Å²) >= 11 is 0. The fourth-order valence-electron chi connectivity index (χ4n) is 2.79. The number of hydrogen-bond donors (Lipinski definition) is 2. The number of nitro groups is 1. The quantitative estimate of drug-likeness (QED) is 0.583. The fraction of sp³-hybridized carbons (Fsp3) is 0.467. The number of rotatable bonds is 6. The summed E-state index contributed by atoms with van der Waals surface area (Å²) < 4.78 is 39.3. The van der Waals surface area contributed by atoms with Crippen LogP contribution >= 0.6 is 0 Å². The second-order valence-electron chi connectivity index (χ2n) is 5.90. The Morgan fingerprint density at radius 1 is 1.35 bits per heavy atom. The second kappa shape index (κ2) is 7.18. The van der Waals surface area contributed by atoms with Crippen molar-refractivity contribution >= 4 is 23.3 Å². The molecule has 1 atom stereocenters. The molecule has 11 heteroatoms. The summed E-state index contributed by atoms with van der Waals surface area (Å²) in [5.41, 5.74) is -2.96. The van der Waals surface area contributed by atoms with Crippen LogP contribution in [-0.2, 0) is 9.59 Å². The number of para-hydroxylation sites is 2. The van der Waals surface area contributed by atoms with E-state index in [2.05, 4.69) is 5.32 Å². The number of likely N-dealkylation sites (tertiary alicyclic amines) is 1. The van der Waals surface area contributed by atoms with E-state index in [1.165, 1.54) is 18.2 Å². The van der Waals surface area contributed by atoms with Gasteiger partial charge in [0.15, 0.2) is 5.41 Å². The molecule has 142 valence electrons. The Morgan fingerprint density at radius 2 is 2.00 bits per heavy atom. The van der Waals surface area contributed by atoms with Crippen LogP contribution in [0.2, 0.25) is 0 Å². The molecular formula is C15H16F3N3O5. The molecule has 2 N–H and O–H groups in total. The zero-order valence-corrected chi connectivity index (χ0v) is 13.5. The largest absolute Gasteiger partial charge is 0.481 e. The maximum absolute atomic E-state index is 13.1. The number of carbonyl (C=O) groups is 2. The first-order chi connectivity index (χ1) is 12.1. The maximum Gasteiger partial charge on any atom is 0.406 e. The van der Waals surface area contributed by atoms with Crippen molar-refractivity contribution in [1.29, 1.82) is 0 Å². The zero-order chi connectivity index (χ0) is 19.5. The molecule has 1 saturated heterocycles. The van der Waals surface area contributed by atoms with Gasteiger partial charge < -0.3 is 15.3 Å². The van der Waals surface area contributed by atoms with Gasteiger partial charge in [-0.1, -0.05) is 12.1 Å². The number of carboxylic acid groups (broad SMARTS) is 1. The molecule has 0 aromatic heterocycles. The van der Waals surface area contributed by atoms with Crippen LogP contribution in [0.1, 0.15) is 12.8 Å². The van der Waals surface area contributed by atoms with E-state index < -0.39 is 41.4 Å². The summed E-state index contributed by atoms with van der Waals surface area (Å²) in [6, 6.07) is 5.75. The molecule has 1 aliphatic rings. The van der Waals surface area contributed by atoms with Crippen molar-refractivity contribution in [2.45, 2.75) is 19.0 Å². The van der Waals surface area contributed by atoms with Gasteiger partial charge in [0.25, 0.3) is 5.69 Å². The molecule has 1 aliphatic heterocycles. The highest BCUT2D eigenvalue weighted by Crippen LogP contribution is 2.45. The van der Waals surface area contributed by atoms with Gasteiger partial charge in [-0.15, -0.1) is 0 Å². The normalized spacial score (nSPS) is 20.0. The molecule has 1 aromatic rings. The summed E-state index contributed by atoms with van der Waals surface area (Å²) in [6.07, 6.45) is -5.88. The number of nitro benzene ring substituents is 1. The fourth-order valence-corrected chi connectivity index (χ4v) is 2.79. The van der Waals surface area contributed by atoms with E-state index in [-0.39, 0.29) is 30.9 Å². The van der Waals surface area contributed by atoms with Crippen molar-refractivity contribution in [1.82, 2.24) is 4.90 Å². The Labute approximate surface area is 145 Å². The predicted molar refractivity (Wildman–Crippen MR) is 83.5 cm³/mol. The number of benzene rings is 1. The average molecular weight is 375 g/mol. The first kappa shape index (κ1) is 19.5. The first-order valence-corrected chi connectivity index (χ1v) is 7.64. The van der Waals surface area contributed by atoms with Crippen LogP contribution in [0.5, 0.6) is 0 Å². The van der Waals surface area contributed by atoms with E-state index >= 15 is 0 Å². The van der Waals surface area contributed by atoms with Gasteiger partial charge in [-0.3, -0.25) is 19.7 Å². The minimum absolute atomic E-state index is 0.0354. The third kappa shape index (κ3) is 3.70. The molecule has 1 unspecified atom stereocenters. The van der Waals surface area contributed by atoms with Crippen molar-refractivity contribution in [3.63, 3.8) is 0 Å². The molecule has 0 radical (unpaired) electrons. The second-order valence-corrected chi connectivity index (χ2v) is 5.90. The third-order valence-electron chi connectivity index (χ3n) is 4.33. The minimum Gasteiger partial charge on any atom is -0.481 e. The van der Waals surface area contributed by atoms with Crippen LogP contribution in [0.25, 0.3) is 0 Å². The SMILES string of the molecule is O=C(CCNc1ccccc1[N+](=O)[O-])N1CCC(C(=O)O)(C(F)(F)F)C1. The topological polar surface area (TPSA) is 113 Å². The van der Waals surface area contributed by atoms with E-state index in [0.29, 0.717) is 0 Å². The van der Waals surface area contributed by atoms with Crippen molar-refractivity contribution in [3.8, 4) is 0 Å². The molecular weight excluding hydrogens is 359 g/mol. The van der Waals surface area contributed by atoms with Crippen molar-refractivity contribution in [2.75, 3.05) is 25.0 Å². The highest BCUT2D eigenvalue weighted by atomic mass is 19.4. The lowest BCUT2D eigenvalue weighted by atomic mass is 9.86. The van der Waals surface area contributed by atoms with Gasteiger partial charge in [-0.25, -0.2) is 0 Å². The molecule has 1 heterocycles. The number of nitrogens with zero attached hydrogens (tertiary/aromatic N) is 2. The van der Waals surface area contributed by atoms with Crippen molar-refractivity contribution in [2.24, 2.45) is 5.41 Å². The van der Waals surface area contributed by atoms with Gasteiger partial charge in [0.05, 0.1) is 4.92 Å². The first-order valence-electron chi connectivity index (χ1n) is 7.64. The summed E-state index contributed by atoms with van der Waals surface area (Å²) in [5, 5.41) is 22.6. The Hall–Kier alpha value is -2.85. The highest BCUT2D eigenvalue weighted by molar-refractivity contribution is 5.81. The van der Waals surface area contributed by atoms with Crippen LogP contribution in [0.15, 0.2) is 24.3 Å². The molecule has 0 aliphatic carbocycles.